The van der Waals surface area contributed by atoms with Crippen molar-refractivity contribution in [2.75, 3.05) is 37.7 Å². The van der Waals surface area contributed by atoms with Gasteiger partial charge in [0.15, 0.2) is 5.13 Å². The van der Waals surface area contributed by atoms with Crippen molar-refractivity contribution >= 4 is 44.2 Å². The van der Waals surface area contributed by atoms with Gasteiger partial charge in [0.1, 0.15) is 11.6 Å². The highest BCUT2D eigenvalue weighted by molar-refractivity contribution is 7.22. The number of halogens is 1. The summed E-state index contributed by atoms with van der Waals surface area (Å²) in [5, 5.41) is 1.68. The van der Waals surface area contributed by atoms with Gasteiger partial charge in [0.25, 0.3) is 5.91 Å². The van der Waals surface area contributed by atoms with Gasteiger partial charge in [-0.2, -0.15) is 0 Å². The maximum Gasteiger partial charge on any atom is 0.251 e. The molecule has 2 aromatic rings. The molecule has 122 valence electrons. The van der Waals surface area contributed by atoms with Gasteiger partial charge in [-0.15, -0.1) is 0 Å². The molecule has 2 saturated heterocycles. The van der Waals surface area contributed by atoms with Crippen LogP contribution in [0.15, 0.2) is 18.2 Å². The molecule has 0 spiro atoms. The van der Waals surface area contributed by atoms with E-state index in [2.05, 4.69) is 9.88 Å². The highest BCUT2D eigenvalue weighted by atomic mass is 35.5. The Labute approximate surface area is 143 Å². The van der Waals surface area contributed by atoms with Crippen molar-refractivity contribution in [3.05, 3.63) is 23.2 Å². The third-order valence-electron chi connectivity index (χ3n) is 4.43. The second-order valence-corrected chi connectivity index (χ2v) is 7.31. The second kappa shape index (κ2) is 6.26. The predicted molar refractivity (Wildman–Crippen MR) is 92.4 cm³/mol. The van der Waals surface area contributed by atoms with Gasteiger partial charge in [-0.25, -0.2) is 4.98 Å². The zero-order valence-corrected chi connectivity index (χ0v) is 14.3. The van der Waals surface area contributed by atoms with E-state index in [1.54, 1.807) is 11.3 Å². The average Bonchev–Trinajstić information content (AvgIpc) is 3.24. The minimum absolute atomic E-state index is 0.148. The number of anilines is 1. The lowest BCUT2D eigenvalue weighted by atomic mass is 10.2. The van der Waals surface area contributed by atoms with E-state index in [-0.39, 0.29) is 12.0 Å². The van der Waals surface area contributed by atoms with Crippen molar-refractivity contribution in [2.24, 2.45) is 0 Å². The van der Waals surface area contributed by atoms with Gasteiger partial charge in [0.2, 0.25) is 0 Å². The average molecular weight is 352 g/mol. The molecular weight excluding hydrogens is 334 g/mol. The van der Waals surface area contributed by atoms with Crippen molar-refractivity contribution in [3.8, 4) is 0 Å². The van der Waals surface area contributed by atoms with E-state index in [1.165, 1.54) is 0 Å². The number of rotatable bonds is 2. The third-order valence-corrected chi connectivity index (χ3v) is 5.81. The molecule has 1 unspecified atom stereocenters. The Morgan fingerprint density at radius 3 is 2.83 bits per heavy atom. The van der Waals surface area contributed by atoms with Crippen LogP contribution in [0.25, 0.3) is 10.2 Å². The quantitative estimate of drug-likeness (QED) is 0.834. The number of hydrogen-bond donors (Lipinski definition) is 0. The molecule has 2 aliphatic heterocycles. The fourth-order valence-electron chi connectivity index (χ4n) is 3.13. The Balaban J connectivity index is 1.44. The first kappa shape index (κ1) is 15.2. The van der Waals surface area contributed by atoms with Crippen LogP contribution >= 0.6 is 22.9 Å². The molecular formula is C16H18ClN3O2S. The largest absolute Gasteiger partial charge is 0.368 e. The molecule has 0 saturated carbocycles. The molecule has 4 rings (SSSR count). The van der Waals surface area contributed by atoms with Gasteiger partial charge < -0.3 is 14.5 Å². The van der Waals surface area contributed by atoms with Crippen LogP contribution in [0.1, 0.15) is 12.8 Å². The van der Waals surface area contributed by atoms with E-state index in [9.17, 15) is 4.79 Å². The lowest BCUT2D eigenvalue weighted by Crippen LogP contribution is -2.51. The summed E-state index contributed by atoms with van der Waals surface area (Å²) in [4.78, 5) is 21.2. The fraction of sp³-hybridized carbons (Fsp3) is 0.500. The van der Waals surface area contributed by atoms with Crippen LogP contribution in [0.4, 0.5) is 5.13 Å². The van der Waals surface area contributed by atoms with E-state index in [1.807, 2.05) is 23.1 Å². The van der Waals surface area contributed by atoms with Gasteiger partial charge >= 0.3 is 0 Å². The summed E-state index contributed by atoms with van der Waals surface area (Å²) in [5.74, 6) is 0.148. The number of hydrogen-bond acceptors (Lipinski definition) is 5. The van der Waals surface area contributed by atoms with Crippen molar-refractivity contribution < 1.29 is 9.53 Å². The minimum Gasteiger partial charge on any atom is -0.368 e. The van der Waals surface area contributed by atoms with E-state index >= 15 is 0 Å². The number of benzene rings is 1. The molecule has 2 fully saturated rings. The normalized spacial score (nSPS) is 22.0. The maximum atomic E-state index is 12.4. The van der Waals surface area contributed by atoms with Gasteiger partial charge in [-0.3, -0.25) is 4.79 Å². The minimum atomic E-state index is -0.220. The summed E-state index contributed by atoms with van der Waals surface area (Å²) in [6.07, 6.45) is 1.63. The Morgan fingerprint density at radius 2 is 2.13 bits per heavy atom. The molecule has 0 N–H and O–H groups in total. The van der Waals surface area contributed by atoms with Crippen molar-refractivity contribution in [1.82, 2.24) is 9.88 Å². The SMILES string of the molecule is O=C(C1CCCO1)N1CCN(c2nc3c(Cl)cccc3s2)CC1. The number of amides is 1. The van der Waals surface area contributed by atoms with Crippen LogP contribution in [0, 0.1) is 0 Å². The predicted octanol–water partition coefficient (Wildman–Crippen LogP) is 2.78. The monoisotopic (exact) mass is 351 g/mol. The highest BCUT2D eigenvalue weighted by Gasteiger charge is 2.30. The van der Waals surface area contributed by atoms with Gasteiger partial charge in [0.05, 0.1) is 9.72 Å². The summed E-state index contributed by atoms with van der Waals surface area (Å²) < 4.78 is 6.60. The molecule has 2 aliphatic rings. The molecule has 1 amide bonds. The van der Waals surface area contributed by atoms with Gasteiger partial charge in [0, 0.05) is 32.8 Å². The number of carbonyl (C=O) groups excluding carboxylic acids is 1. The molecule has 0 bridgehead atoms. The molecule has 3 heterocycles. The van der Waals surface area contributed by atoms with Crippen LogP contribution in [0.2, 0.25) is 5.02 Å². The summed E-state index contributed by atoms with van der Waals surface area (Å²) in [7, 11) is 0. The number of carbonyl (C=O) groups is 1. The van der Waals surface area contributed by atoms with Crippen molar-refractivity contribution in [2.45, 2.75) is 18.9 Å². The molecule has 5 nitrogen and oxygen atoms in total. The molecule has 0 radical (unpaired) electrons. The standard InChI is InChI=1S/C16H18ClN3O2S/c17-11-3-1-5-13-14(11)18-16(23-13)20-8-6-19(7-9-20)15(21)12-4-2-10-22-12/h1,3,5,12H,2,4,6-10H2. The Hall–Kier alpha value is -1.37. The highest BCUT2D eigenvalue weighted by Crippen LogP contribution is 2.33. The molecule has 0 aliphatic carbocycles. The maximum absolute atomic E-state index is 12.4. The third kappa shape index (κ3) is 2.91. The topological polar surface area (TPSA) is 45.7 Å². The van der Waals surface area contributed by atoms with Gasteiger partial charge in [-0.1, -0.05) is 29.0 Å². The van der Waals surface area contributed by atoms with E-state index in [0.717, 1.165) is 54.4 Å². The van der Waals surface area contributed by atoms with Crippen LogP contribution in [0.5, 0.6) is 0 Å². The van der Waals surface area contributed by atoms with E-state index in [0.29, 0.717) is 11.6 Å². The molecule has 1 atom stereocenters. The number of fused-ring (bicyclic) bond motifs is 1. The van der Waals surface area contributed by atoms with Crippen molar-refractivity contribution in [1.29, 1.82) is 0 Å². The van der Waals surface area contributed by atoms with E-state index < -0.39 is 0 Å². The summed E-state index contributed by atoms with van der Waals surface area (Å²) in [6, 6.07) is 5.86. The number of para-hydroxylation sites is 1. The number of ether oxygens (including phenoxy) is 1. The molecule has 23 heavy (non-hydrogen) atoms. The number of aromatic nitrogens is 1. The molecule has 1 aromatic carbocycles. The van der Waals surface area contributed by atoms with Crippen LogP contribution in [0.3, 0.4) is 0 Å². The van der Waals surface area contributed by atoms with Crippen LogP contribution < -0.4 is 4.90 Å². The fourth-order valence-corrected chi connectivity index (χ4v) is 4.45. The summed E-state index contributed by atoms with van der Waals surface area (Å²) in [5.41, 5.74) is 0.868. The number of piperazine rings is 1. The lowest BCUT2D eigenvalue weighted by molar-refractivity contribution is -0.141. The molecule has 1 aromatic heterocycles. The van der Waals surface area contributed by atoms with Gasteiger partial charge in [-0.05, 0) is 25.0 Å². The van der Waals surface area contributed by atoms with E-state index in [4.69, 9.17) is 16.3 Å². The first-order chi connectivity index (χ1) is 11.2. The Morgan fingerprint density at radius 1 is 1.30 bits per heavy atom. The Bertz CT molecular complexity index is 721. The number of nitrogens with zero attached hydrogens (tertiary/aromatic N) is 3. The summed E-state index contributed by atoms with van der Waals surface area (Å²) in [6.45, 7) is 3.76. The number of thiazole rings is 1. The molecule has 7 heteroatoms. The zero-order chi connectivity index (χ0) is 15.8. The lowest BCUT2D eigenvalue weighted by Gasteiger charge is -2.35. The van der Waals surface area contributed by atoms with Crippen LogP contribution in [-0.2, 0) is 9.53 Å². The Kier molecular flexibility index (Phi) is 4.13. The smallest absolute Gasteiger partial charge is 0.251 e. The summed E-state index contributed by atoms with van der Waals surface area (Å²) >= 11 is 7.86. The van der Waals surface area contributed by atoms with Crippen LogP contribution in [-0.4, -0.2) is 54.7 Å². The second-order valence-electron chi connectivity index (χ2n) is 5.90. The first-order valence-electron chi connectivity index (χ1n) is 7.93. The first-order valence-corrected chi connectivity index (χ1v) is 9.12. The van der Waals surface area contributed by atoms with Crippen molar-refractivity contribution in [3.63, 3.8) is 0 Å². The zero-order valence-electron chi connectivity index (χ0n) is 12.7.